The number of carboxylic acids is 1. The normalized spacial score (nSPS) is 14.9. The van der Waals surface area contributed by atoms with E-state index in [1.807, 2.05) is 35.9 Å². The highest BCUT2D eigenvalue weighted by molar-refractivity contribution is 7.15. The van der Waals surface area contributed by atoms with Crippen molar-refractivity contribution < 1.29 is 24.2 Å². The van der Waals surface area contributed by atoms with E-state index in [1.165, 1.54) is 11.3 Å². The van der Waals surface area contributed by atoms with Gasteiger partial charge in [0.25, 0.3) is 5.91 Å². The molecule has 42 heavy (non-hydrogen) atoms. The third-order valence-electron chi connectivity index (χ3n) is 7.24. The molecule has 0 bridgehead atoms. The largest absolute Gasteiger partial charge is 0.481 e. The molecule has 0 spiro atoms. The molecule has 2 aromatic heterocycles. The van der Waals surface area contributed by atoms with Crippen molar-refractivity contribution >= 4 is 73.9 Å². The van der Waals surface area contributed by atoms with Crippen molar-refractivity contribution in [3.63, 3.8) is 0 Å². The maximum atomic E-state index is 13.0. The number of halogens is 2. The second kappa shape index (κ2) is 13.2. The number of aliphatic carboxylic acids is 1. The molecule has 12 heteroatoms. The zero-order chi connectivity index (χ0) is 29.8. The zero-order valence-electron chi connectivity index (χ0n) is 22.9. The Morgan fingerprint density at radius 1 is 1.19 bits per heavy atom. The second-order valence-electron chi connectivity index (χ2n) is 10.3. The summed E-state index contributed by atoms with van der Waals surface area (Å²) in [5, 5.41) is 14.0. The topological polar surface area (TPSA) is 114 Å². The monoisotopic (exact) mass is 628 g/mol. The van der Waals surface area contributed by atoms with Gasteiger partial charge in [0.1, 0.15) is 6.61 Å². The summed E-state index contributed by atoms with van der Waals surface area (Å²) in [5.74, 6) is -1.28. The maximum absolute atomic E-state index is 13.0. The molecular weight excluding hydrogens is 599 g/mol. The Labute approximate surface area is 257 Å². The van der Waals surface area contributed by atoms with Gasteiger partial charge >= 0.3 is 5.97 Å². The molecule has 9 nitrogen and oxygen atoms in total. The number of Topliss-reactive ketones (excluding diaryl/α,β-unsaturated/α-hetero) is 1. The number of rotatable bonds is 12. The molecule has 1 amide bonds. The van der Waals surface area contributed by atoms with E-state index >= 15 is 0 Å². The number of ketones is 1. The summed E-state index contributed by atoms with van der Waals surface area (Å²) in [6, 6.07) is 10.9. The van der Waals surface area contributed by atoms with Gasteiger partial charge in [0, 0.05) is 53.2 Å². The SMILES string of the molecule is Cn1cc(C(=O)Nc2cc(Cl)c(CC(=O)COC[C@@H]3CCCN3c3ncc(CCC(=O)O)s3)cc2Cl)c2ccccc21. The number of para-hydroxylation sites is 1. The van der Waals surface area contributed by atoms with Gasteiger partial charge in [-0.15, -0.1) is 11.3 Å². The van der Waals surface area contributed by atoms with E-state index in [-0.39, 0.29) is 42.2 Å². The fourth-order valence-corrected chi connectivity index (χ4v) is 6.61. The van der Waals surface area contributed by atoms with Gasteiger partial charge in [-0.2, -0.15) is 0 Å². The van der Waals surface area contributed by atoms with Crippen molar-refractivity contribution in [2.45, 2.75) is 38.1 Å². The summed E-state index contributed by atoms with van der Waals surface area (Å²) in [7, 11) is 1.88. The standard InChI is InChI=1S/C30H30Cl2N4O5S/c1-35-15-23(22-6-2-3-7-27(22)35)29(40)34-26-13-24(31)18(12-25(26)32)11-20(37)17-41-16-19-5-4-10-36(19)30-33-14-21(42-30)8-9-28(38)39/h2-3,6-7,12-15,19H,4-5,8-11,16-17H2,1H3,(H,34,40)(H,38,39)/t19-/m0/s1. The zero-order valence-corrected chi connectivity index (χ0v) is 25.3. The molecule has 1 aliphatic rings. The summed E-state index contributed by atoms with van der Waals surface area (Å²) in [5.41, 5.74) is 2.37. The maximum Gasteiger partial charge on any atom is 0.303 e. The van der Waals surface area contributed by atoms with Crippen LogP contribution in [0.15, 0.2) is 48.8 Å². The average molecular weight is 630 g/mol. The number of nitrogens with one attached hydrogen (secondary N) is 1. The molecular formula is C30H30Cl2N4O5S. The van der Waals surface area contributed by atoms with Crippen LogP contribution in [0.5, 0.6) is 0 Å². The highest BCUT2D eigenvalue weighted by atomic mass is 35.5. The first-order chi connectivity index (χ1) is 20.2. The van der Waals surface area contributed by atoms with Crippen molar-refractivity contribution in [3.05, 3.63) is 74.8 Å². The van der Waals surface area contributed by atoms with E-state index in [1.54, 1.807) is 24.5 Å². The second-order valence-corrected chi connectivity index (χ2v) is 12.2. The number of hydrogen-bond acceptors (Lipinski definition) is 7. The van der Waals surface area contributed by atoms with Crippen LogP contribution >= 0.6 is 34.5 Å². The minimum atomic E-state index is -0.828. The first kappa shape index (κ1) is 30.0. The quantitative estimate of drug-likeness (QED) is 0.197. The van der Waals surface area contributed by atoms with Gasteiger partial charge in [0.05, 0.1) is 35.3 Å². The van der Waals surface area contributed by atoms with Crippen molar-refractivity contribution in [2.24, 2.45) is 7.05 Å². The first-order valence-corrected chi connectivity index (χ1v) is 15.1. The number of amides is 1. The van der Waals surface area contributed by atoms with Gasteiger partial charge in [-0.05, 0) is 43.0 Å². The Morgan fingerprint density at radius 3 is 2.81 bits per heavy atom. The van der Waals surface area contributed by atoms with Crippen LogP contribution in [0.3, 0.4) is 0 Å². The van der Waals surface area contributed by atoms with Gasteiger partial charge in [0.15, 0.2) is 10.9 Å². The number of ether oxygens (including phenoxy) is 1. The van der Waals surface area contributed by atoms with Gasteiger partial charge in [-0.3, -0.25) is 14.4 Å². The Bertz CT molecular complexity index is 1640. The Kier molecular flexibility index (Phi) is 9.47. The third-order valence-corrected chi connectivity index (χ3v) is 9.00. The van der Waals surface area contributed by atoms with Crippen LogP contribution in [-0.2, 0) is 34.2 Å². The lowest BCUT2D eigenvalue weighted by Gasteiger charge is -2.23. The number of thiazole rings is 1. The summed E-state index contributed by atoms with van der Waals surface area (Å²) in [6.07, 6.45) is 6.00. The highest BCUT2D eigenvalue weighted by Gasteiger charge is 2.27. The first-order valence-electron chi connectivity index (χ1n) is 13.6. The molecule has 220 valence electrons. The van der Waals surface area contributed by atoms with Crippen molar-refractivity contribution in [1.82, 2.24) is 9.55 Å². The van der Waals surface area contributed by atoms with Gasteiger partial charge in [0.2, 0.25) is 0 Å². The van der Waals surface area contributed by atoms with E-state index in [2.05, 4.69) is 15.2 Å². The molecule has 0 unspecified atom stereocenters. The van der Waals surface area contributed by atoms with E-state index in [4.69, 9.17) is 33.0 Å². The number of fused-ring (bicyclic) bond motifs is 1. The lowest BCUT2D eigenvalue weighted by atomic mass is 10.1. The number of anilines is 2. The van der Waals surface area contributed by atoms with Crippen LogP contribution in [-0.4, -0.2) is 58.1 Å². The van der Waals surface area contributed by atoms with E-state index in [0.717, 1.165) is 40.3 Å². The molecule has 0 aliphatic carbocycles. The molecule has 1 aliphatic heterocycles. The summed E-state index contributed by atoms with van der Waals surface area (Å²) < 4.78 is 7.68. The average Bonchev–Trinajstić information content (AvgIpc) is 3.69. The number of carbonyl (C=O) groups excluding carboxylic acids is 2. The number of aromatic nitrogens is 2. The van der Waals surface area contributed by atoms with Gasteiger partial charge < -0.3 is 24.6 Å². The van der Waals surface area contributed by atoms with Gasteiger partial charge in [-0.25, -0.2) is 4.98 Å². The van der Waals surface area contributed by atoms with Crippen LogP contribution in [0.25, 0.3) is 10.9 Å². The van der Waals surface area contributed by atoms with Crippen molar-refractivity contribution in [2.75, 3.05) is 30.0 Å². The van der Waals surface area contributed by atoms with Crippen LogP contribution in [0.1, 0.15) is 40.1 Å². The van der Waals surface area contributed by atoms with Crippen LogP contribution in [0.2, 0.25) is 10.0 Å². The molecule has 2 N–H and O–H groups in total. The van der Waals surface area contributed by atoms with Crippen molar-refractivity contribution in [1.29, 1.82) is 0 Å². The van der Waals surface area contributed by atoms with Crippen molar-refractivity contribution in [3.8, 4) is 0 Å². The lowest BCUT2D eigenvalue weighted by Crippen LogP contribution is -2.33. The van der Waals surface area contributed by atoms with E-state index in [0.29, 0.717) is 34.9 Å². The fraction of sp³-hybridized carbons (Fsp3) is 0.333. The van der Waals surface area contributed by atoms with Crippen LogP contribution in [0, 0.1) is 0 Å². The molecule has 4 aromatic rings. The lowest BCUT2D eigenvalue weighted by molar-refractivity contribution is -0.137. The minimum absolute atomic E-state index is 0.0455. The Balaban J connectivity index is 1.14. The molecule has 0 radical (unpaired) electrons. The molecule has 0 saturated carbocycles. The predicted molar refractivity (Wildman–Crippen MR) is 165 cm³/mol. The van der Waals surface area contributed by atoms with Crippen LogP contribution < -0.4 is 10.2 Å². The van der Waals surface area contributed by atoms with Crippen LogP contribution in [0.4, 0.5) is 10.8 Å². The predicted octanol–water partition coefficient (Wildman–Crippen LogP) is 6.01. The molecule has 1 fully saturated rings. The summed E-state index contributed by atoms with van der Waals surface area (Å²) in [4.78, 5) is 44.2. The molecule has 1 atom stereocenters. The van der Waals surface area contributed by atoms with E-state index in [9.17, 15) is 14.4 Å². The fourth-order valence-electron chi connectivity index (χ4n) is 5.14. The minimum Gasteiger partial charge on any atom is -0.481 e. The number of nitrogens with zero attached hydrogens (tertiary/aromatic N) is 3. The molecule has 1 saturated heterocycles. The number of hydrogen-bond donors (Lipinski definition) is 2. The number of aryl methyl sites for hydroxylation is 2. The smallest absolute Gasteiger partial charge is 0.303 e. The number of carbonyl (C=O) groups is 3. The number of benzene rings is 2. The summed E-state index contributed by atoms with van der Waals surface area (Å²) in [6.45, 7) is 1.15. The van der Waals surface area contributed by atoms with Gasteiger partial charge in [-0.1, -0.05) is 41.4 Å². The Hall–Kier alpha value is -3.44. The Morgan fingerprint density at radius 2 is 2.00 bits per heavy atom. The third kappa shape index (κ3) is 6.95. The highest BCUT2D eigenvalue weighted by Crippen LogP contribution is 2.32. The van der Waals surface area contributed by atoms with E-state index < -0.39 is 5.97 Å². The molecule has 5 rings (SSSR count). The summed E-state index contributed by atoms with van der Waals surface area (Å²) >= 11 is 14.5. The number of carboxylic acid groups (broad SMARTS) is 1. The molecule has 3 heterocycles. The molecule has 2 aromatic carbocycles.